The highest BCUT2D eigenvalue weighted by molar-refractivity contribution is 14.1. The highest BCUT2D eigenvalue weighted by atomic mass is 127. The highest BCUT2D eigenvalue weighted by Gasteiger charge is 2.28. The van der Waals surface area contributed by atoms with Gasteiger partial charge in [0.2, 0.25) is 5.91 Å². The molecule has 0 fully saturated rings. The molecule has 0 unspecified atom stereocenters. The number of aromatic carboxylic acids is 1. The van der Waals surface area contributed by atoms with E-state index in [4.69, 9.17) is 0 Å². The maximum absolute atomic E-state index is 12.7. The Morgan fingerprint density at radius 3 is 2.08 bits per heavy atom. The minimum Gasteiger partial charge on any atom is -0.478 e. The number of carboxylic acid groups (broad SMARTS) is 1. The number of carboxylic acids is 1. The van der Waals surface area contributed by atoms with Gasteiger partial charge in [-0.3, -0.25) is 9.59 Å². The van der Waals surface area contributed by atoms with Gasteiger partial charge < -0.3 is 15.7 Å². The van der Waals surface area contributed by atoms with Crippen molar-refractivity contribution in [2.45, 2.75) is 46.0 Å². The number of carbonyl (C=O) groups is 3. The van der Waals surface area contributed by atoms with Crippen molar-refractivity contribution in [3.8, 4) is 0 Å². The van der Waals surface area contributed by atoms with Crippen LogP contribution in [0.5, 0.6) is 0 Å². The first kappa shape index (κ1) is 23.9. The molecule has 0 heterocycles. The van der Waals surface area contributed by atoms with Gasteiger partial charge in [0.1, 0.15) is 0 Å². The molecule has 0 bridgehead atoms. The third kappa shape index (κ3) is 6.17. The number of anilines is 1. The van der Waals surface area contributed by atoms with Crippen molar-refractivity contribution >= 4 is 91.2 Å². The number of carbonyl (C=O) groups excluding carboxylic acids is 2. The molecular weight excluding hydrogens is 677 g/mol. The van der Waals surface area contributed by atoms with Crippen LogP contribution in [-0.4, -0.2) is 29.4 Å². The third-order valence-electron chi connectivity index (χ3n) is 3.57. The molecule has 2 amide bonds. The van der Waals surface area contributed by atoms with E-state index >= 15 is 0 Å². The van der Waals surface area contributed by atoms with Crippen molar-refractivity contribution in [2.24, 2.45) is 0 Å². The third-order valence-corrected chi connectivity index (χ3v) is 6.80. The molecule has 0 aliphatic heterocycles. The van der Waals surface area contributed by atoms with Gasteiger partial charge >= 0.3 is 5.97 Å². The van der Waals surface area contributed by atoms with E-state index in [2.05, 4.69) is 17.6 Å². The van der Waals surface area contributed by atoms with Crippen LogP contribution in [0.1, 0.15) is 66.7 Å². The Kier molecular flexibility index (Phi) is 10.7. The Labute approximate surface area is 194 Å². The topological polar surface area (TPSA) is 95.5 Å². The predicted octanol–water partition coefficient (Wildman–Crippen LogP) is 4.86. The zero-order chi connectivity index (χ0) is 19.9. The zero-order valence-corrected chi connectivity index (χ0v) is 21.0. The van der Waals surface area contributed by atoms with Crippen LogP contribution in [0.25, 0.3) is 0 Å². The molecule has 0 aromatic heterocycles. The molecule has 1 rings (SSSR count). The number of rotatable bonds is 9. The molecule has 0 aliphatic rings. The van der Waals surface area contributed by atoms with Gasteiger partial charge in [-0.2, -0.15) is 0 Å². The standard InChI is InChI=1S/C17H21I3N2O4/c1-3-5-6-8-21-16(24)10-12(18)11(17(25)26)14(20)15(13(10)19)22-9(23)7-4-2/h3-8H2,1-2H3,(H,21,24)(H,22,23)(H,25,26). The number of unbranched alkanes of at least 4 members (excludes halogenated alkanes) is 2. The normalized spacial score (nSPS) is 10.5. The molecule has 144 valence electrons. The van der Waals surface area contributed by atoms with E-state index in [0.717, 1.165) is 19.3 Å². The van der Waals surface area contributed by atoms with Crippen molar-refractivity contribution in [1.82, 2.24) is 5.32 Å². The average molecular weight is 698 g/mol. The second-order valence-electron chi connectivity index (χ2n) is 5.63. The minimum absolute atomic E-state index is 0.0390. The van der Waals surface area contributed by atoms with E-state index in [-0.39, 0.29) is 17.4 Å². The Hall–Kier alpha value is -0.180. The number of nitrogens with one attached hydrogen (secondary N) is 2. The predicted molar refractivity (Wildman–Crippen MR) is 127 cm³/mol. The summed E-state index contributed by atoms with van der Waals surface area (Å²) in [4.78, 5) is 36.4. The number of halogens is 3. The SMILES string of the molecule is CCCCCNC(=O)c1c(I)c(NC(=O)CCC)c(I)c(C(=O)O)c1I. The molecule has 9 heteroatoms. The van der Waals surface area contributed by atoms with Gasteiger partial charge in [-0.15, -0.1) is 0 Å². The van der Waals surface area contributed by atoms with Crippen LogP contribution in [0, 0.1) is 10.7 Å². The van der Waals surface area contributed by atoms with Gasteiger partial charge in [0, 0.05) is 16.5 Å². The minimum atomic E-state index is -1.12. The van der Waals surface area contributed by atoms with Gasteiger partial charge in [-0.1, -0.05) is 26.7 Å². The van der Waals surface area contributed by atoms with Gasteiger partial charge in [-0.05, 0) is 80.6 Å². The largest absolute Gasteiger partial charge is 0.478 e. The fourth-order valence-corrected chi connectivity index (χ4v) is 6.64. The van der Waals surface area contributed by atoms with Crippen LogP contribution < -0.4 is 10.6 Å². The first-order valence-electron chi connectivity index (χ1n) is 8.27. The Morgan fingerprint density at radius 1 is 0.923 bits per heavy atom. The van der Waals surface area contributed by atoms with Crippen molar-refractivity contribution < 1.29 is 19.5 Å². The van der Waals surface area contributed by atoms with E-state index in [1.807, 2.05) is 74.7 Å². The maximum Gasteiger partial charge on any atom is 0.337 e. The van der Waals surface area contributed by atoms with Crippen LogP contribution in [0.3, 0.4) is 0 Å². The van der Waals surface area contributed by atoms with Gasteiger partial charge in [-0.25, -0.2) is 4.79 Å². The molecule has 0 atom stereocenters. The fraction of sp³-hybridized carbons (Fsp3) is 0.471. The summed E-state index contributed by atoms with van der Waals surface area (Å²) in [6, 6.07) is 0. The van der Waals surface area contributed by atoms with E-state index < -0.39 is 5.97 Å². The lowest BCUT2D eigenvalue weighted by atomic mass is 10.1. The fourth-order valence-electron chi connectivity index (χ4n) is 2.26. The average Bonchev–Trinajstić information content (AvgIpc) is 2.55. The lowest BCUT2D eigenvalue weighted by Crippen LogP contribution is -2.28. The van der Waals surface area contributed by atoms with E-state index in [9.17, 15) is 19.5 Å². The van der Waals surface area contributed by atoms with Crippen molar-refractivity contribution in [3.63, 3.8) is 0 Å². The summed E-state index contributed by atoms with van der Waals surface area (Å²) in [5.41, 5.74) is 0.727. The summed E-state index contributed by atoms with van der Waals surface area (Å²) < 4.78 is 1.36. The van der Waals surface area contributed by atoms with Crippen LogP contribution >= 0.6 is 67.8 Å². The maximum atomic E-state index is 12.7. The van der Waals surface area contributed by atoms with Gasteiger partial charge in [0.15, 0.2) is 0 Å². The summed E-state index contributed by atoms with van der Waals surface area (Å²) in [5, 5.41) is 15.2. The highest BCUT2D eigenvalue weighted by Crippen LogP contribution is 2.35. The Balaban J connectivity index is 3.35. The number of benzene rings is 1. The summed E-state index contributed by atoms with van der Waals surface area (Å²) in [6.07, 6.45) is 3.94. The second-order valence-corrected chi connectivity index (χ2v) is 8.87. The summed E-state index contributed by atoms with van der Waals surface area (Å²) >= 11 is 5.81. The first-order chi connectivity index (χ1) is 12.3. The monoisotopic (exact) mass is 698 g/mol. The van der Waals surface area contributed by atoms with Crippen LogP contribution in [0.15, 0.2) is 0 Å². The first-order valence-corrected chi connectivity index (χ1v) is 11.5. The van der Waals surface area contributed by atoms with Gasteiger partial charge in [0.05, 0.1) is 24.0 Å². The molecule has 0 spiro atoms. The molecule has 1 aromatic carbocycles. The molecule has 1 aromatic rings. The molecule has 0 saturated carbocycles. The Bertz CT molecular complexity index is 708. The number of hydrogen-bond acceptors (Lipinski definition) is 3. The molecular formula is C17H21I3N2O4. The van der Waals surface area contributed by atoms with Crippen molar-refractivity contribution in [1.29, 1.82) is 0 Å². The lowest BCUT2D eigenvalue weighted by Gasteiger charge is -2.18. The van der Waals surface area contributed by atoms with E-state index in [1.54, 1.807) is 0 Å². The quantitative estimate of drug-likeness (QED) is 0.254. The Morgan fingerprint density at radius 2 is 1.54 bits per heavy atom. The molecule has 0 radical (unpaired) electrons. The van der Waals surface area contributed by atoms with Crippen LogP contribution in [0.4, 0.5) is 5.69 Å². The lowest BCUT2D eigenvalue weighted by molar-refractivity contribution is -0.116. The smallest absolute Gasteiger partial charge is 0.337 e. The number of amides is 2. The van der Waals surface area contributed by atoms with Crippen LogP contribution in [-0.2, 0) is 4.79 Å². The number of hydrogen-bond donors (Lipinski definition) is 3. The molecule has 6 nitrogen and oxygen atoms in total. The van der Waals surface area contributed by atoms with Crippen molar-refractivity contribution in [3.05, 3.63) is 21.8 Å². The second kappa shape index (κ2) is 11.6. The summed E-state index contributed by atoms with van der Waals surface area (Å²) in [6.45, 7) is 4.50. The van der Waals surface area contributed by atoms with Gasteiger partial charge in [0.25, 0.3) is 5.91 Å². The molecule has 0 saturated heterocycles. The van der Waals surface area contributed by atoms with E-state index in [1.165, 1.54) is 0 Å². The van der Waals surface area contributed by atoms with Crippen LogP contribution in [0.2, 0.25) is 0 Å². The summed E-state index contributed by atoms with van der Waals surface area (Å²) in [5.74, 6) is -1.64. The zero-order valence-electron chi connectivity index (χ0n) is 14.5. The molecule has 0 aliphatic carbocycles. The summed E-state index contributed by atoms with van der Waals surface area (Å²) in [7, 11) is 0. The van der Waals surface area contributed by atoms with Crippen molar-refractivity contribution in [2.75, 3.05) is 11.9 Å². The molecule has 26 heavy (non-hydrogen) atoms. The van der Waals surface area contributed by atoms with E-state index in [0.29, 0.717) is 41.3 Å². The molecule has 3 N–H and O–H groups in total.